The second-order valence-corrected chi connectivity index (χ2v) is 3.61. The number of carbonyl (C=O) groups is 1. The van der Waals surface area contributed by atoms with Crippen molar-refractivity contribution in [2.75, 3.05) is 0 Å². The monoisotopic (exact) mass is 203 g/mol. The van der Waals surface area contributed by atoms with Gasteiger partial charge in [-0.2, -0.15) is 0 Å². The van der Waals surface area contributed by atoms with Gasteiger partial charge in [-0.3, -0.25) is 4.79 Å². The van der Waals surface area contributed by atoms with Crippen LogP contribution in [0.15, 0.2) is 0 Å². The van der Waals surface area contributed by atoms with E-state index >= 15 is 0 Å². The van der Waals surface area contributed by atoms with Crippen LogP contribution in [0.2, 0.25) is 0 Å². The molecule has 0 aromatic heterocycles. The fourth-order valence-corrected chi connectivity index (χ4v) is 1.33. The zero-order chi connectivity index (χ0) is 10.8. The Morgan fingerprint density at radius 1 is 1.00 bits per heavy atom. The predicted octanol–water partition coefficient (Wildman–Crippen LogP) is 0.903. The zero-order valence-corrected chi connectivity index (χ0v) is 8.61. The molecule has 0 saturated carbocycles. The van der Waals surface area contributed by atoms with Gasteiger partial charge >= 0.3 is 0 Å². The maximum Gasteiger partial charge on any atom is 0.217 e. The number of aliphatic hydroxyl groups is 2. The highest BCUT2D eigenvalue weighted by molar-refractivity contribution is 5.73. The first-order valence-corrected chi connectivity index (χ1v) is 5.27. The predicted molar refractivity (Wildman–Crippen MR) is 54.4 cm³/mol. The van der Waals surface area contributed by atoms with Gasteiger partial charge in [-0.15, -0.1) is 0 Å². The van der Waals surface area contributed by atoms with Crippen molar-refractivity contribution >= 4 is 5.91 Å². The summed E-state index contributed by atoms with van der Waals surface area (Å²) in [7, 11) is 0. The number of carbonyl (C=O) groups excluding carboxylic acids is 1. The first-order valence-electron chi connectivity index (χ1n) is 5.27. The van der Waals surface area contributed by atoms with E-state index in [1.165, 1.54) is 0 Å². The highest BCUT2D eigenvalue weighted by atomic mass is 16.5. The van der Waals surface area contributed by atoms with Crippen LogP contribution in [0.3, 0.4) is 0 Å². The van der Waals surface area contributed by atoms with Crippen LogP contribution < -0.4 is 5.73 Å². The Kier molecular flexibility index (Phi) is 8.57. The van der Waals surface area contributed by atoms with Crippen molar-refractivity contribution in [1.82, 2.24) is 0 Å². The molecule has 84 valence electrons. The number of nitrogens with two attached hydrogens (primary N) is 1. The Morgan fingerprint density at radius 3 is 2.00 bits per heavy atom. The molecule has 0 rings (SSSR count). The molecule has 4 nitrogen and oxygen atoms in total. The van der Waals surface area contributed by atoms with Crippen LogP contribution in [0.4, 0.5) is 0 Å². The SMILES string of the molecule is NC(=O)CCCCCCCCC(O)O. The molecule has 0 bridgehead atoms. The van der Waals surface area contributed by atoms with Gasteiger partial charge in [-0.25, -0.2) is 0 Å². The molecule has 0 atom stereocenters. The molecular formula is C10H21NO3. The molecule has 0 saturated heterocycles. The molecule has 14 heavy (non-hydrogen) atoms. The molecule has 0 heterocycles. The smallest absolute Gasteiger partial charge is 0.217 e. The van der Waals surface area contributed by atoms with Crippen molar-refractivity contribution in [3.8, 4) is 0 Å². The minimum absolute atomic E-state index is 0.228. The van der Waals surface area contributed by atoms with E-state index in [1.54, 1.807) is 0 Å². The lowest BCUT2D eigenvalue weighted by atomic mass is 10.1. The summed E-state index contributed by atoms with van der Waals surface area (Å²) in [5.41, 5.74) is 4.99. The fourth-order valence-electron chi connectivity index (χ4n) is 1.33. The molecule has 0 aliphatic carbocycles. The molecule has 0 unspecified atom stereocenters. The Labute approximate surface area is 85.1 Å². The topological polar surface area (TPSA) is 83.6 Å². The van der Waals surface area contributed by atoms with Gasteiger partial charge in [0.2, 0.25) is 5.91 Å². The molecule has 0 aliphatic heterocycles. The van der Waals surface area contributed by atoms with E-state index in [1.807, 2.05) is 0 Å². The molecule has 0 spiro atoms. The van der Waals surface area contributed by atoms with Crippen molar-refractivity contribution in [3.05, 3.63) is 0 Å². The zero-order valence-electron chi connectivity index (χ0n) is 8.61. The maximum absolute atomic E-state index is 10.4. The van der Waals surface area contributed by atoms with E-state index in [-0.39, 0.29) is 5.91 Å². The first kappa shape index (κ1) is 13.4. The number of unbranched alkanes of at least 4 members (excludes halogenated alkanes) is 5. The molecule has 1 amide bonds. The van der Waals surface area contributed by atoms with Crippen LogP contribution in [0.1, 0.15) is 51.4 Å². The van der Waals surface area contributed by atoms with Crippen molar-refractivity contribution in [2.24, 2.45) is 5.73 Å². The number of aliphatic hydroxyl groups excluding tert-OH is 1. The molecule has 0 aliphatic rings. The van der Waals surface area contributed by atoms with Crippen LogP contribution >= 0.6 is 0 Å². The molecule has 0 aromatic rings. The summed E-state index contributed by atoms with van der Waals surface area (Å²) in [6, 6.07) is 0. The lowest BCUT2D eigenvalue weighted by molar-refractivity contribution is -0.118. The van der Waals surface area contributed by atoms with E-state index in [2.05, 4.69) is 0 Å². The largest absolute Gasteiger partial charge is 0.370 e. The number of hydrogen-bond donors (Lipinski definition) is 3. The lowest BCUT2D eigenvalue weighted by Gasteiger charge is -2.02. The van der Waals surface area contributed by atoms with Crippen molar-refractivity contribution < 1.29 is 15.0 Å². The maximum atomic E-state index is 10.4. The van der Waals surface area contributed by atoms with Gasteiger partial charge in [0, 0.05) is 6.42 Å². The Balaban J connectivity index is 2.96. The third-order valence-electron chi connectivity index (χ3n) is 2.14. The molecule has 0 fully saturated rings. The Hall–Kier alpha value is -0.610. The average Bonchev–Trinajstić information content (AvgIpc) is 2.08. The number of primary amides is 1. The Morgan fingerprint density at radius 2 is 1.50 bits per heavy atom. The molecule has 0 radical (unpaired) electrons. The number of amides is 1. The van der Waals surface area contributed by atoms with Crippen LogP contribution in [-0.2, 0) is 4.79 Å². The van der Waals surface area contributed by atoms with Crippen molar-refractivity contribution in [2.45, 2.75) is 57.7 Å². The van der Waals surface area contributed by atoms with Crippen molar-refractivity contribution in [1.29, 1.82) is 0 Å². The normalized spacial score (nSPS) is 10.8. The van der Waals surface area contributed by atoms with E-state index in [4.69, 9.17) is 15.9 Å². The van der Waals surface area contributed by atoms with Gasteiger partial charge in [-0.1, -0.05) is 25.7 Å². The van der Waals surface area contributed by atoms with Gasteiger partial charge in [0.1, 0.15) is 0 Å². The minimum Gasteiger partial charge on any atom is -0.370 e. The third-order valence-corrected chi connectivity index (χ3v) is 2.14. The summed E-state index contributed by atoms with van der Waals surface area (Å²) in [5, 5.41) is 17.1. The molecular weight excluding hydrogens is 182 g/mol. The third kappa shape index (κ3) is 11.4. The summed E-state index contributed by atoms with van der Waals surface area (Å²) < 4.78 is 0. The lowest BCUT2D eigenvalue weighted by Crippen LogP contribution is -2.09. The van der Waals surface area contributed by atoms with E-state index in [9.17, 15) is 4.79 Å². The minimum atomic E-state index is -1.16. The van der Waals surface area contributed by atoms with Crippen LogP contribution in [0.5, 0.6) is 0 Å². The van der Waals surface area contributed by atoms with Crippen LogP contribution in [0, 0.1) is 0 Å². The second kappa shape index (κ2) is 8.97. The standard InChI is InChI=1S/C10H21NO3/c11-9(12)7-5-3-1-2-4-6-8-10(13)14/h10,13-14H,1-8H2,(H2,11,12). The fraction of sp³-hybridized carbons (Fsp3) is 0.900. The van der Waals surface area contributed by atoms with Gasteiger partial charge in [0.25, 0.3) is 0 Å². The van der Waals surface area contributed by atoms with Gasteiger partial charge in [0.05, 0.1) is 0 Å². The summed E-state index contributed by atoms with van der Waals surface area (Å²) >= 11 is 0. The highest BCUT2D eigenvalue weighted by Gasteiger charge is 1.97. The van der Waals surface area contributed by atoms with Gasteiger partial charge in [-0.05, 0) is 19.3 Å². The molecule has 4 N–H and O–H groups in total. The quantitative estimate of drug-likeness (QED) is 0.384. The summed E-state index contributed by atoms with van der Waals surface area (Å²) in [4.78, 5) is 10.4. The summed E-state index contributed by atoms with van der Waals surface area (Å²) in [6.07, 6.45) is 5.74. The summed E-state index contributed by atoms with van der Waals surface area (Å²) in [5.74, 6) is -0.228. The Bertz CT molecular complexity index is 148. The van der Waals surface area contributed by atoms with Crippen LogP contribution in [-0.4, -0.2) is 22.4 Å². The van der Waals surface area contributed by atoms with Crippen LogP contribution in [0.25, 0.3) is 0 Å². The first-order chi connectivity index (χ1) is 6.63. The number of rotatable bonds is 9. The second-order valence-electron chi connectivity index (χ2n) is 3.61. The molecule has 0 aromatic carbocycles. The van der Waals surface area contributed by atoms with E-state index in [0.717, 1.165) is 38.5 Å². The number of hydrogen-bond acceptors (Lipinski definition) is 3. The highest BCUT2D eigenvalue weighted by Crippen LogP contribution is 2.08. The van der Waals surface area contributed by atoms with E-state index < -0.39 is 6.29 Å². The van der Waals surface area contributed by atoms with Gasteiger partial charge in [0.15, 0.2) is 6.29 Å². The average molecular weight is 203 g/mol. The van der Waals surface area contributed by atoms with Crippen molar-refractivity contribution in [3.63, 3.8) is 0 Å². The van der Waals surface area contributed by atoms with Gasteiger partial charge < -0.3 is 15.9 Å². The molecule has 4 heteroatoms. The summed E-state index contributed by atoms with van der Waals surface area (Å²) in [6.45, 7) is 0. The van der Waals surface area contributed by atoms with E-state index in [0.29, 0.717) is 12.8 Å².